The maximum Gasteiger partial charge on any atom is 0.280 e. The largest absolute Gasteiger partial charge is 0.508 e. The van der Waals surface area contributed by atoms with Crippen LogP contribution in [-0.2, 0) is 10.0 Å². The van der Waals surface area contributed by atoms with E-state index in [-0.39, 0.29) is 39.8 Å². The van der Waals surface area contributed by atoms with Crippen LogP contribution in [0.3, 0.4) is 0 Å². The molecular formula is C26H24N4O6S. The third-order valence-electron chi connectivity index (χ3n) is 5.15. The fraction of sp³-hybridized carbons (Fsp3) is 0.115. The zero-order valence-electron chi connectivity index (χ0n) is 20.3. The van der Waals surface area contributed by atoms with E-state index in [1.54, 1.807) is 49.4 Å². The highest BCUT2D eigenvalue weighted by Gasteiger charge is 2.25. The number of hydrogen-bond donors (Lipinski definition) is 2. The Morgan fingerprint density at radius 1 is 0.973 bits per heavy atom. The van der Waals surface area contributed by atoms with E-state index in [1.165, 1.54) is 38.6 Å². The summed E-state index contributed by atoms with van der Waals surface area (Å²) in [5.74, 6) is 0.387. The second-order valence-corrected chi connectivity index (χ2v) is 9.44. The first kappa shape index (κ1) is 25.5. The first-order valence-electron chi connectivity index (χ1n) is 10.9. The number of methoxy groups -OCH3 is 2. The van der Waals surface area contributed by atoms with Crippen molar-refractivity contribution < 1.29 is 27.7 Å². The lowest BCUT2D eigenvalue weighted by molar-refractivity contribution is 0.348. The van der Waals surface area contributed by atoms with Gasteiger partial charge >= 0.3 is 0 Å². The number of hydrogen-bond acceptors (Lipinski definition) is 9. The summed E-state index contributed by atoms with van der Waals surface area (Å²) in [6, 6.07) is 16.0. The quantitative estimate of drug-likeness (QED) is 0.316. The van der Waals surface area contributed by atoms with E-state index >= 15 is 0 Å². The van der Waals surface area contributed by atoms with Gasteiger partial charge in [0.1, 0.15) is 5.75 Å². The second-order valence-electron chi connectivity index (χ2n) is 7.81. The van der Waals surface area contributed by atoms with Crippen LogP contribution in [0, 0.1) is 0 Å². The van der Waals surface area contributed by atoms with E-state index in [0.29, 0.717) is 16.9 Å². The van der Waals surface area contributed by atoms with Gasteiger partial charge < -0.3 is 19.3 Å². The van der Waals surface area contributed by atoms with Gasteiger partial charge in [0.25, 0.3) is 15.9 Å². The van der Waals surface area contributed by atoms with E-state index in [2.05, 4.69) is 26.3 Å². The van der Waals surface area contributed by atoms with Crippen molar-refractivity contribution in [3.05, 3.63) is 79.0 Å². The number of rotatable bonds is 9. The van der Waals surface area contributed by atoms with E-state index in [9.17, 15) is 13.5 Å². The van der Waals surface area contributed by atoms with E-state index in [1.807, 2.05) is 0 Å². The minimum absolute atomic E-state index is 0.0154. The van der Waals surface area contributed by atoms with Gasteiger partial charge in [0.05, 0.1) is 14.2 Å². The summed E-state index contributed by atoms with van der Waals surface area (Å²) in [4.78, 5) is 12.8. The van der Waals surface area contributed by atoms with E-state index < -0.39 is 10.0 Å². The molecule has 2 heterocycles. The summed E-state index contributed by atoms with van der Waals surface area (Å²) in [5, 5.41) is 9.68. The van der Waals surface area contributed by atoms with Crippen LogP contribution < -0.4 is 18.9 Å². The van der Waals surface area contributed by atoms with Crippen molar-refractivity contribution in [1.29, 1.82) is 0 Å². The Hall–Kier alpha value is -4.64. The van der Waals surface area contributed by atoms with Gasteiger partial charge in [0.15, 0.2) is 28.2 Å². The van der Waals surface area contributed by atoms with Crippen molar-refractivity contribution in [2.45, 2.75) is 11.9 Å². The van der Waals surface area contributed by atoms with Crippen molar-refractivity contribution >= 4 is 21.4 Å². The highest BCUT2D eigenvalue weighted by atomic mass is 32.2. The first-order valence-corrected chi connectivity index (χ1v) is 12.4. The molecule has 0 saturated carbocycles. The average Bonchev–Trinajstić information content (AvgIpc) is 2.89. The molecule has 2 aromatic heterocycles. The lowest BCUT2D eigenvalue weighted by Crippen LogP contribution is -2.17. The predicted octanol–water partition coefficient (Wildman–Crippen LogP) is 4.89. The molecule has 11 heteroatoms. The minimum atomic E-state index is -4.22. The van der Waals surface area contributed by atoms with Crippen LogP contribution in [0.1, 0.15) is 12.5 Å². The van der Waals surface area contributed by atoms with Gasteiger partial charge in [-0.05, 0) is 48.4 Å². The van der Waals surface area contributed by atoms with Gasteiger partial charge in [0.2, 0.25) is 5.75 Å². The molecule has 4 rings (SSSR count). The summed E-state index contributed by atoms with van der Waals surface area (Å²) in [6.07, 6.45) is 1.42. The molecule has 0 spiro atoms. The van der Waals surface area contributed by atoms with Crippen LogP contribution in [0.4, 0.5) is 5.82 Å². The zero-order chi connectivity index (χ0) is 26.6. The maximum absolute atomic E-state index is 13.3. The smallest absolute Gasteiger partial charge is 0.280 e. The third-order valence-corrected chi connectivity index (χ3v) is 6.40. The molecule has 0 unspecified atom stereocenters. The average molecular weight is 521 g/mol. The number of anilines is 1. The second kappa shape index (κ2) is 10.5. The Bertz CT molecular complexity index is 1560. The number of sulfonamides is 1. The molecule has 0 radical (unpaired) electrons. The Labute approximate surface area is 214 Å². The van der Waals surface area contributed by atoms with Crippen LogP contribution in [0.2, 0.25) is 0 Å². The van der Waals surface area contributed by atoms with Crippen molar-refractivity contribution in [3.8, 4) is 40.3 Å². The first-order chi connectivity index (χ1) is 17.7. The lowest BCUT2D eigenvalue weighted by Gasteiger charge is -2.17. The zero-order valence-corrected chi connectivity index (χ0v) is 21.1. The Morgan fingerprint density at radius 3 is 2.35 bits per heavy atom. The molecule has 0 amide bonds. The van der Waals surface area contributed by atoms with Crippen LogP contribution in [0.15, 0.2) is 78.5 Å². The number of nitrogens with zero attached hydrogens (tertiary/aromatic N) is 3. The monoisotopic (exact) mass is 520 g/mol. The number of nitrogens with one attached hydrogen (secondary N) is 1. The number of aromatic nitrogens is 3. The van der Waals surface area contributed by atoms with Crippen LogP contribution in [-0.4, -0.2) is 42.7 Å². The molecule has 0 aliphatic rings. The molecule has 0 atom stereocenters. The van der Waals surface area contributed by atoms with E-state index in [4.69, 9.17) is 14.2 Å². The molecule has 4 aromatic rings. The predicted molar refractivity (Wildman–Crippen MR) is 139 cm³/mol. The fourth-order valence-corrected chi connectivity index (χ4v) is 4.22. The molecule has 0 aliphatic heterocycles. The van der Waals surface area contributed by atoms with Gasteiger partial charge in [-0.2, -0.15) is 13.4 Å². The molecule has 2 N–H and O–H groups in total. The summed E-state index contributed by atoms with van der Waals surface area (Å²) in [6.45, 7) is 5.63. The number of allylic oxidation sites excluding steroid dienone is 1. The highest BCUT2D eigenvalue weighted by Crippen LogP contribution is 2.41. The summed E-state index contributed by atoms with van der Waals surface area (Å²) in [7, 11) is -1.38. The number of phenolic OH excluding ortho intramolecular Hbond substituents is 1. The van der Waals surface area contributed by atoms with Crippen LogP contribution in [0.25, 0.3) is 17.0 Å². The van der Waals surface area contributed by atoms with Gasteiger partial charge in [-0.3, -0.25) is 4.72 Å². The number of pyridine rings is 1. The molecule has 37 heavy (non-hydrogen) atoms. The molecule has 10 nitrogen and oxygen atoms in total. The van der Waals surface area contributed by atoms with Gasteiger partial charge in [-0.25, -0.2) is 9.97 Å². The van der Waals surface area contributed by atoms with Crippen molar-refractivity contribution in [2.75, 3.05) is 18.9 Å². The Balaban J connectivity index is 1.85. The van der Waals surface area contributed by atoms with Crippen molar-refractivity contribution in [3.63, 3.8) is 0 Å². The normalized spacial score (nSPS) is 11.0. The maximum atomic E-state index is 13.3. The highest BCUT2D eigenvalue weighted by molar-refractivity contribution is 7.92. The number of ether oxygens (including phenoxy) is 3. The fourth-order valence-electron chi connectivity index (χ4n) is 3.29. The van der Waals surface area contributed by atoms with Crippen molar-refractivity contribution in [1.82, 2.24) is 15.0 Å². The topological polar surface area (TPSA) is 133 Å². The molecular weight excluding hydrogens is 496 g/mol. The number of para-hydroxylation sites is 2. The lowest BCUT2D eigenvalue weighted by atomic mass is 10.2. The number of benzene rings is 2. The molecule has 0 fully saturated rings. The van der Waals surface area contributed by atoms with E-state index in [0.717, 1.165) is 5.57 Å². The molecule has 190 valence electrons. The minimum Gasteiger partial charge on any atom is -0.508 e. The van der Waals surface area contributed by atoms with Gasteiger partial charge in [-0.1, -0.05) is 36.9 Å². The molecule has 0 aliphatic carbocycles. The third kappa shape index (κ3) is 5.62. The van der Waals surface area contributed by atoms with Gasteiger partial charge in [0, 0.05) is 11.8 Å². The number of phenols is 1. The summed E-state index contributed by atoms with van der Waals surface area (Å²) < 4.78 is 45.8. The summed E-state index contributed by atoms with van der Waals surface area (Å²) in [5.41, 5.74) is 1.87. The molecule has 2 aromatic carbocycles. The SMILES string of the molecule is C=C(C)c1ccc(S(=O)(=O)Nc2nc(-c3cccc(O)c3)nc(OC)c2Oc2ccccc2OC)nc1. The van der Waals surface area contributed by atoms with Gasteiger partial charge in [-0.15, -0.1) is 0 Å². The van der Waals surface area contributed by atoms with Crippen molar-refractivity contribution in [2.24, 2.45) is 0 Å². The number of aromatic hydroxyl groups is 1. The Morgan fingerprint density at radius 2 is 1.73 bits per heavy atom. The van der Waals surface area contributed by atoms with Crippen LogP contribution in [0.5, 0.6) is 28.9 Å². The van der Waals surface area contributed by atoms with Crippen LogP contribution >= 0.6 is 0 Å². The Kier molecular flexibility index (Phi) is 7.25. The standard InChI is InChI=1S/C26H24N4O6S/c1-16(2)18-12-13-22(27-15-18)37(32,33)30-25-23(36-21-11-6-5-10-20(21)34-3)26(35-4)29-24(28-25)17-8-7-9-19(31)14-17/h5-15,31H,1H2,2-4H3,(H,28,29,30). The molecule has 0 saturated heterocycles. The summed E-state index contributed by atoms with van der Waals surface area (Å²) >= 11 is 0. The molecule has 0 bridgehead atoms.